The van der Waals surface area contributed by atoms with Gasteiger partial charge in [0.15, 0.2) is 5.13 Å². The third-order valence-corrected chi connectivity index (χ3v) is 4.73. The Morgan fingerprint density at radius 1 is 1.32 bits per heavy atom. The maximum Gasteiger partial charge on any atom is 0.186 e. The second-order valence-corrected chi connectivity index (χ2v) is 7.24. The molecule has 1 aromatic heterocycles. The van der Waals surface area contributed by atoms with Crippen LogP contribution >= 0.6 is 11.3 Å². The molecule has 0 unspecified atom stereocenters. The predicted molar refractivity (Wildman–Crippen MR) is 84.2 cm³/mol. The van der Waals surface area contributed by atoms with Crippen LogP contribution in [0.2, 0.25) is 0 Å². The van der Waals surface area contributed by atoms with Gasteiger partial charge in [0.05, 0.1) is 5.69 Å². The Morgan fingerprint density at radius 3 is 2.47 bits per heavy atom. The fourth-order valence-electron chi connectivity index (χ4n) is 2.30. The lowest BCUT2D eigenvalue weighted by molar-refractivity contribution is 0.640. The monoisotopic (exact) mass is 281 g/mol. The molecule has 4 heteroatoms. The zero-order valence-electron chi connectivity index (χ0n) is 12.9. The normalized spacial score (nSPS) is 15.5. The van der Waals surface area contributed by atoms with E-state index in [-0.39, 0.29) is 0 Å². The standard InChI is InChI=1S/C15H27N3S/c1-10(2)14-13(8-16-5)19-15(17-14)18(11(3)4)9-12-6-7-12/h10-12,16H,6-9H2,1-5H3. The van der Waals surface area contributed by atoms with E-state index in [0.29, 0.717) is 12.0 Å². The highest BCUT2D eigenvalue weighted by atomic mass is 32.1. The summed E-state index contributed by atoms with van der Waals surface area (Å²) in [4.78, 5) is 8.83. The van der Waals surface area contributed by atoms with Gasteiger partial charge in [0.1, 0.15) is 0 Å². The van der Waals surface area contributed by atoms with Crippen molar-refractivity contribution < 1.29 is 0 Å². The first-order valence-electron chi connectivity index (χ1n) is 7.43. The maximum atomic E-state index is 4.94. The van der Waals surface area contributed by atoms with Crippen molar-refractivity contribution in [3.63, 3.8) is 0 Å². The van der Waals surface area contributed by atoms with Crippen LogP contribution in [0, 0.1) is 5.92 Å². The molecule has 108 valence electrons. The summed E-state index contributed by atoms with van der Waals surface area (Å²) in [6, 6.07) is 0.536. The van der Waals surface area contributed by atoms with Crippen LogP contribution in [-0.2, 0) is 6.54 Å². The smallest absolute Gasteiger partial charge is 0.186 e. The number of anilines is 1. The van der Waals surface area contributed by atoms with Crippen LogP contribution in [0.5, 0.6) is 0 Å². The van der Waals surface area contributed by atoms with E-state index >= 15 is 0 Å². The molecule has 0 radical (unpaired) electrons. The van der Waals surface area contributed by atoms with E-state index in [4.69, 9.17) is 4.98 Å². The van der Waals surface area contributed by atoms with Gasteiger partial charge in [0, 0.05) is 24.0 Å². The van der Waals surface area contributed by atoms with Crippen molar-refractivity contribution in [2.75, 3.05) is 18.5 Å². The molecule has 0 aromatic carbocycles. The van der Waals surface area contributed by atoms with Crippen LogP contribution in [0.3, 0.4) is 0 Å². The van der Waals surface area contributed by atoms with Gasteiger partial charge in [-0.05, 0) is 45.6 Å². The number of rotatable bonds is 7. The fraction of sp³-hybridized carbons (Fsp3) is 0.800. The Kier molecular flexibility index (Phi) is 4.85. The molecule has 1 N–H and O–H groups in total. The molecule has 1 saturated carbocycles. The second kappa shape index (κ2) is 6.23. The molecule has 19 heavy (non-hydrogen) atoms. The highest BCUT2D eigenvalue weighted by Gasteiger charge is 2.28. The van der Waals surface area contributed by atoms with Crippen molar-refractivity contribution in [3.05, 3.63) is 10.6 Å². The van der Waals surface area contributed by atoms with Crippen molar-refractivity contribution in [3.8, 4) is 0 Å². The van der Waals surface area contributed by atoms with Crippen molar-refractivity contribution >= 4 is 16.5 Å². The van der Waals surface area contributed by atoms with Gasteiger partial charge in [-0.25, -0.2) is 4.98 Å². The summed E-state index contributed by atoms with van der Waals surface area (Å²) in [5.74, 6) is 1.41. The van der Waals surface area contributed by atoms with Gasteiger partial charge in [-0.3, -0.25) is 0 Å². The lowest BCUT2D eigenvalue weighted by atomic mass is 10.1. The van der Waals surface area contributed by atoms with Crippen molar-refractivity contribution in [2.24, 2.45) is 5.92 Å². The lowest BCUT2D eigenvalue weighted by Crippen LogP contribution is -2.32. The molecule has 1 aliphatic carbocycles. The molecular weight excluding hydrogens is 254 g/mol. The lowest BCUT2D eigenvalue weighted by Gasteiger charge is -2.26. The summed E-state index contributed by atoms with van der Waals surface area (Å²) >= 11 is 1.87. The Hall–Kier alpha value is -0.610. The largest absolute Gasteiger partial charge is 0.345 e. The van der Waals surface area contributed by atoms with Gasteiger partial charge in [0.25, 0.3) is 0 Å². The first-order valence-corrected chi connectivity index (χ1v) is 8.25. The van der Waals surface area contributed by atoms with E-state index in [9.17, 15) is 0 Å². The molecule has 1 fully saturated rings. The Morgan fingerprint density at radius 2 is 2.00 bits per heavy atom. The van der Waals surface area contributed by atoms with E-state index in [0.717, 1.165) is 12.5 Å². The third-order valence-electron chi connectivity index (χ3n) is 3.62. The molecule has 0 aliphatic heterocycles. The third kappa shape index (κ3) is 3.69. The van der Waals surface area contributed by atoms with Crippen LogP contribution in [0.25, 0.3) is 0 Å². The van der Waals surface area contributed by atoms with Crippen LogP contribution in [0.1, 0.15) is 57.0 Å². The van der Waals surface area contributed by atoms with Crippen LogP contribution in [0.15, 0.2) is 0 Å². The number of aromatic nitrogens is 1. The van der Waals surface area contributed by atoms with Gasteiger partial charge in [-0.2, -0.15) is 0 Å². The molecule has 1 heterocycles. The Bertz CT molecular complexity index is 408. The first-order chi connectivity index (χ1) is 9.02. The minimum atomic E-state index is 0.503. The summed E-state index contributed by atoms with van der Waals surface area (Å²) in [5, 5.41) is 4.48. The quantitative estimate of drug-likeness (QED) is 0.827. The SMILES string of the molecule is CNCc1sc(N(CC2CC2)C(C)C)nc1C(C)C. The second-order valence-electron chi connectivity index (χ2n) is 6.18. The van der Waals surface area contributed by atoms with E-state index in [1.54, 1.807) is 0 Å². The number of hydrogen-bond donors (Lipinski definition) is 1. The molecule has 3 nitrogen and oxygen atoms in total. The summed E-state index contributed by atoms with van der Waals surface area (Å²) in [5.41, 5.74) is 1.27. The Labute approximate surface area is 121 Å². The summed E-state index contributed by atoms with van der Waals surface area (Å²) < 4.78 is 0. The average molecular weight is 281 g/mol. The molecular formula is C15H27N3S. The summed E-state index contributed by atoms with van der Waals surface area (Å²) in [6.45, 7) is 11.1. The van der Waals surface area contributed by atoms with E-state index < -0.39 is 0 Å². The number of thiazole rings is 1. The van der Waals surface area contributed by atoms with Crippen LogP contribution in [-0.4, -0.2) is 24.6 Å². The zero-order valence-corrected chi connectivity index (χ0v) is 13.7. The molecule has 0 amide bonds. The summed E-state index contributed by atoms with van der Waals surface area (Å²) in [6.07, 6.45) is 2.80. The molecule has 0 saturated heterocycles. The highest BCUT2D eigenvalue weighted by Crippen LogP contribution is 2.36. The van der Waals surface area contributed by atoms with Gasteiger partial charge < -0.3 is 10.2 Å². The molecule has 0 atom stereocenters. The number of hydrogen-bond acceptors (Lipinski definition) is 4. The van der Waals surface area contributed by atoms with Crippen molar-refractivity contribution in [1.82, 2.24) is 10.3 Å². The maximum absolute atomic E-state index is 4.94. The number of nitrogens with one attached hydrogen (secondary N) is 1. The van der Waals surface area contributed by atoms with E-state index in [2.05, 4.69) is 37.9 Å². The van der Waals surface area contributed by atoms with Gasteiger partial charge in [0.2, 0.25) is 0 Å². The van der Waals surface area contributed by atoms with E-state index in [1.807, 2.05) is 18.4 Å². The molecule has 1 aromatic rings. The molecule has 2 rings (SSSR count). The molecule has 0 bridgehead atoms. The Balaban J connectivity index is 2.22. The van der Waals surface area contributed by atoms with Gasteiger partial charge in [-0.15, -0.1) is 11.3 Å². The van der Waals surface area contributed by atoms with Crippen molar-refractivity contribution in [2.45, 2.75) is 59.0 Å². The highest BCUT2D eigenvalue weighted by molar-refractivity contribution is 7.15. The van der Waals surface area contributed by atoms with Crippen molar-refractivity contribution in [1.29, 1.82) is 0 Å². The average Bonchev–Trinajstić information content (AvgIpc) is 3.06. The minimum absolute atomic E-state index is 0.503. The minimum Gasteiger partial charge on any atom is -0.345 e. The van der Waals surface area contributed by atoms with Crippen LogP contribution in [0.4, 0.5) is 5.13 Å². The number of nitrogens with zero attached hydrogens (tertiary/aromatic N) is 2. The van der Waals surface area contributed by atoms with E-state index in [1.165, 1.54) is 35.1 Å². The van der Waals surface area contributed by atoms with Crippen LogP contribution < -0.4 is 10.2 Å². The fourth-order valence-corrected chi connectivity index (χ4v) is 3.67. The topological polar surface area (TPSA) is 28.2 Å². The molecule has 0 spiro atoms. The molecule has 1 aliphatic rings. The first kappa shape index (κ1) is 14.8. The zero-order chi connectivity index (χ0) is 14.0. The van der Waals surface area contributed by atoms with Gasteiger partial charge >= 0.3 is 0 Å². The van der Waals surface area contributed by atoms with Gasteiger partial charge in [-0.1, -0.05) is 13.8 Å². The summed E-state index contributed by atoms with van der Waals surface area (Å²) in [7, 11) is 2.01. The predicted octanol–water partition coefficient (Wildman–Crippen LogP) is 3.61.